The van der Waals surface area contributed by atoms with E-state index in [0.29, 0.717) is 18.4 Å². The first kappa shape index (κ1) is 11.7. The van der Waals surface area contributed by atoms with Gasteiger partial charge < -0.3 is 10.2 Å². The van der Waals surface area contributed by atoms with E-state index in [1.807, 2.05) is 13.8 Å². The smallest absolute Gasteiger partial charge is 0.332 e. The molecule has 13 heavy (non-hydrogen) atoms. The molecule has 0 radical (unpaired) electrons. The van der Waals surface area contributed by atoms with Gasteiger partial charge in [0.25, 0.3) is 0 Å². The Morgan fingerprint density at radius 1 is 1.08 bits per heavy atom. The molecule has 0 amide bonds. The zero-order chi connectivity index (χ0) is 10.4. The van der Waals surface area contributed by atoms with Crippen LogP contribution in [0.3, 0.4) is 0 Å². The number of hydrogen-bond donors (Lipinski definition) is 2. The van der Waals surface area contributed by atoms with Gasteiger partial charge in [-0.05, 0) is 12.8 Å². The lowest BCUT2D eigenvalue weighted by atomic mass is 10.0. The average Bonchev–Trinajstić information content (AvgIpc) is 2.04. The summed E-state index contributed by atoms with van der Waals surface area (Å²) in [6.07, 6.45) is 0.781. The first-order chi connectivity index (χ1) is 6.02. The number of hydrogen-bond acceptors (Lipinski definition) is 2. The lowest BCUT2D eigenvalue weighted by Crippen LogP contribution is -2.09. The second-order valence-corrected chi connectivity index (χ2v) is 2.66. The van der Waals surface area contributed by atoms with E-state index < -0.39 is 18.4 Å². The summed E-state index contributed by atoms with van der Waals surface area (Å²) in [5.74, 6) is -2.22. The third kappa shape index (κ3) is 3.73. The molecule has 0 heterocycles. The summed E-state index contributed by atoms with van der Waals surface area (Å²) >= 11 is 0. The Morgan fingerprint density at radius 2 is 1.54 bits per heavy atom. The predicted octanol–water partition coefficient (Wildman–Crippen LogP) is 1.66. The second-order valence-electron chi connectivity index (χ2n) is 2.66. The first-order valence-corrected chi connectivity index (χ1v) is 4.18. The molecule has 74 valence electrons. The third-order valence-electron chi connectivity index (χ3n) is 1.87. The summed E-state index contributed by atoms with van der Waals surface area (Å²) in [6.45, 7) is 3.65. The summed E-state index contributed by atoms with van der Waals surface area (Å²) in [7, 11) is 0. The lowest BCUT2D eigenvalue weighted by Gasteiger charge is -2.05. The Bertz CT molecular complexity index is 234. The molecule has 0 aliphatic heterocycles. The maximum atomic E-state index is 10.7. The largest absolute Gasteiger partial charge is 0.481 e. The van der Waals surface area contributed by atoms with E-state index in [4.69, 9.17) is 10.2 Å². The van der Waals surface area contributed by atoms with Crippen LogP contribution in [0.1, 0.15) is 33.1 Å². The molecule has 0 spiro atoms. The van der Waals surface area contributed by atoms with Crippen molar-refractivity contribution in [1.29, 1.82) is 0 Å². The van der Waals surface area contributed by atoms with Crippen LogP contribution in [0.15, 0.2) is 11.1 Å². The Kier molecular flexibility index (Phi) is 4.80. The molecule has 2 N–H and O–H groups in total. The van der Waals surface area contributed by atoms with Crippen molar-refractivity contribution in [2.75, 3.05) is 0 Å². The second kappa shape index (κ2) is 5.35. The highest BCUT2D eigenvalue weighted by atomic mass is 16.4. The SMILES string of the molecule is CCC(CC)=C(CC(=O)O)C(=O)O. The minimum atomic E-state index is -1.12. The van der Waals surface area contributed by atoms with Gasteiger partial charge in [-0.25, -0.2) is 4.79 Å². The van der Waals surface area contributed by atoms with Crippen molar-refractivity contribution in [2.24, 2.45) is 0 Å². The molecule has 0 aliphatic rings. The fraction of sp³-hybridized carbons (Fsp3) is 0.556. The number of carbonyl (C=O) groups is 2. The van der Waals surface area contributed by atoms with Crippen LogP contribution in [0.4, 0.5) is 0 Å². The van der Waals surface area contributed by atoms with Crippen LogP contribution in [0, 0.1) is 0 Å². The highest BCUT2D eigenvalue weighted by Crippen LogP contribution is 2.16. The molecule has 0 fully saturated rings. The molecule has 0 aromatic carbocycles. The van der Waals surface area contributed by atoms with Crippen LogP contribution in [0.2, 0.25) is 0 Å². The van der Waals surface area contributed by atoms with Crippen molar-refractivity contribution < 1.29 is 19.8 Å². The molecule has 0 aromatic heterocycles. The quantitative estimate of drug-likeness (QED) is 0.640. The first-order valence-electron chi connectivity index (χ1n) is 4.18. The third-order valence-corrected chi connectivity index (χ3v) is 1.87. The summed E-state index contributed by atoms with van der Waals surface area (Å²) in [6, 6.07) is 0. The van der Waals surface area contributed by atoms with Crippen molar-refractivity contribution in [3.05, 3.63) is 11.1 Å². The van der Waals surface area contributed by atoms with Gasteiger partial charge in [0, 0.05) is 5.57 Å². The van der Waals surface area contributed by atoms with Crippen LogP contribution in [0.25, 0.3) is 0 Å². The molecule has 4 heteroatoms. The van der Waals surface area contributed by atoms with E-state index in [1.165, 1.54) is 0 Å². The van der Waals surface area contributed by atoms with E-state index in [9.17, 15) is 9.59 Å². The predicted molar refractivity (Wildman–Crippen MR) is 47.5 cm³/mol. The van der Waals surface area contributed by atoms with Gasteiger partial charge in [0.2, 0.25) is 0 Å². The van der Waals surface area contributed by atoms with Gasteiger partial charge in [-0.1, -0.05) is 19.4 Å². The molecule has 0 aromatic rings. The van der Waals surface area contributed by atoms with Gasteiger partial charge in [0.15, 0.2) is 0 Å². The molecule has 4 nitrogen and oxygen atoms in total. The van der Waals surface area contributed by atoms with Crippen molar-refractivity contribution in [1.82, 2.24) is 0 Å². The van der Waals surface area contributed by atoms with Crippen molar-refractivity contribution >= 4 is 11.9 Å². The highest BCUT2D eigenvalue weighted by molar-refractivity contribution is 5.92. The number of aliphatic carboxylic acids is 2. The topological polar surface area (TPSA) is 74.6 Å². The summed E-state index contributed by atoms with van der Waals surface area (Å²) in [5.41, 5.74) is 0.729. The minimum absolute atomic E-state index is 0.0255. The Morgan fingerprint density at radius 3 is 1.77 bits per heavy atom. The molecular weight excluding hydrogens is 172 g/mol. The number of carboxylic acid groups (broad SMARTS) is 2. The molecule has 0 aliphatic carbocycles. The van der Waals surface area contributed by atoms with Gasteiger partial charge in [-0.2, -0.15) is 0 Å². The molecule has 0 unspecified atom stereocenters. The van der Waals surface area contributed by atoms with Crippen LogP contribution >= 0.6 is 0 Å². The zero-order valence-corrected chi connectivity index (χ0v) is 7.83. The summed E-state index contributed by atoms with van der Waals surface area (Å²) < 4.78 is 0. The van der Waals surface area contributed by atoms with Crippen molar-refractivity contribution in [3.8, 4) is 0 Å². The van der Waals surface area contributed by atoms with E-state index in [0.717, 1.165) is 0 Å². The lowest BCUT2D eigenvalue weighted by molar-refractivity contribution is -0.139. The van der Waals surface area contributed by atoms with Crippen LogP contribution in [-0.2, 0) is 9.59 Å². The zero-order valence-electron chi connectivity index (χ0n) is 7.83. The maximum Gasteiger partial charge on any atom is 0.332 e. The monoisotopic (exact) mass is 186 g/mol. The fourth-order valence-corrected chi connectivity index (χ4v) is 1.18. The molecule has 0 atom stereocenters. The van der Waals surface area contributed by atoms with E-state index in [-0.39, 0.29) is 5.57 Å². The van der Waals surface area contributed by atoms with Gasteiger partial charge in [-0.15, -0.1) is 0 Å². The number of allylic oxidation sites excluding steroid dienone is 1. The number of rotatable bonds is 5. The molecule has 0 saturated carbocycles. The van der Waals surface area contributed by atoms with E-state index in [1.54, 1.807) is 0 Å². The highest BCUT2D eigenvalue weighted by Gasteiger charge is 2.15. The Hall–Kier alpha value is -1.32. The van der Waals surface area contributed by atoms with E-state index in [2.05, 4.69) is 0 Å². The number of carboxylic acids is 2. The minimum Gasteiger partial charge on any atom is -0.481 e. The Balaban J connectivity index is 4.85. The summed E-state index contributed by atoms with van der Waals surface area (Å²) in [4.78, 5) is 21.0. The normalized spacial score (nSPS) is 9.38. The van der Waals surface area contributed by atoms with Gasteiger partial charge in [0.05, 0.1) is 6.42 Å². The Labute approximate surface area is 76.9 Å². The van der Waals surface area contributed by atoms with Gasteiger partial charge >= 0.3 is 11.9 Å². The maximum absolute atomic E-state index is 10.7. The van der Waals surface area contributed by atoms with Gasteiger partial charge in [-0.3, -0.25) is 4.79 Å². The van der Waals surface area contributed by atoms with Crippen LogP contribution in [0.5, 0.6) is 0 Å². The van der Waals surface area contributed by atoms with E-state index >= 15 is 0 Å². The molecular formula is C9H14O4. The standard InChI is InChI=1S/C9H14O4/c1-3-6(4-2)7(9(12)13)5-8(10)11/h3-5H2,1-2H3,(H,10,11)(H,12,13). The van der Waals surface area contributed by atoms with Gasteiger partial charge in [0.1, 0.15) is 0 Å². The van der Waals surface area contributed by atoms with Crippen molar-refractivity contribution in [2.45, 2.75) is 33.1 Å². The molecule has 0 saturated heterocycles. The molecule has 0 rings (SSSR count). The fourth-order valence-electron chi connectivity index (χ4n) is 1.18. The van der Waals surface area contributed by atoms with Crippen LogP contribution < -0.4 is 0 Å². The average molecular weight is 186 g/mol. The summed E-state index contributed by atoms with van der Waals surface area (Å²) in [5, 5.41) is 17.2. The van der Waals surface area contributed by atoms with Crippen molar-refractivity contribution in [3.63, 3.8) is 0 Å². The van der Waals surface area contributed by atoms with Crippen LogP contribution in [-0.4, -0.2) is 22.2 Å². The molecule has 0 bridgehead atoms.